The topological polar surface area (TPSA) is 23.4 Å². The van der Waals surface area contributed by atoms with Crippen molar-refractivity contribution in [3.8, 4) is 5.69 Å². The van der Waals surface area contributed by atoms with Crippen LogP contribution in [0.3, 0.4) is 0 Å². The zero-order valence-corrected chi connectivity index (χ0v) is 19.9. The van der Waals surface area contributed by atoms with E-state index < -0.39 is 0 Å². The lowest BCUT2D eigenvalue weighted by molar-refractivity contribution is 0.808. The average molecular weight is 465 g/mol. The van der Waals surface area contributed by atoms with Gasteiger partial charge in [-0.15, -0.1) is 0 Å². The number of aromatic nitrogens is 1. The Bertz CT molecular complexity index is 1760. The molecule has 172 valence electrons. The lowest BCUT2D eigenvalue weighted by atomic mass is 10.1. The quantitative estimate of drug-likeness (QED) is 0.280. The molecule has 0 amide bonds. The van der Waals surface area contributed by atoms with Gasteiger partial charge in [0.1, 0.15) is 0 Å². The molecule has 4 nitrogen and oxygen atoms in total. The Hall–Kier alpha value is -4.70. The van der Waals surface area contributed by atoms with Crippen LogP contribution in [-0.2, 0) is 0 Å². The number of anilines is 5. The fourth-order valence-corrected chi connectivity index (χ4v) is 6.02. The van der Waals surface area contributed by atoms with Gasteiger partial charge in [-0.1, -0.05) is 60.7 Å². The van der Waals surface area contributed by atoms with Crippen LogP contribution in [0.25, 0.3) is 27.5 Å². The van der Waals surface area contributed by atoms with Crippen LogP contribution in [0.15, 0.2) is 115 Å². The molecule has 8 rings (SSSR count). The summed E-state index contributed by atoms with van der Waals surface area (Å²) >= 11 is 0. The lowest BCUT2D eigenvalue weighted by Crippen LogP contribution is -2.40. The third kappa shape index (κ3) is 2.58. The number of hydrogen-bond acceptors (Lipinski definition) is 3. The summed E-state index contributed by atoms with van der Waals surface area (Å²) in [7, 11) is 0. The third-order valence-electron chi connectivity index (χ3n) is 7.53. The number of para-hydroxylation sites is 4. The van der Waals surface area contributed by atoms with Gasteiger partial charge < -0.3 is 14.8 Å². The summed E-state index contributed by atoms with van der Waals surface area (Å²) in [6.07, 6.45) is -0.00685. The van der Waals surface area contributed by atoms with Crippen LogP contribution in [0.2, 0.25) is 0 Å². The van der Waals surface area contributed by atoms with Gasteiger partial charge in [-0.3, -0.25) is 4.90 Å². The minimum absolute atomic E-state index is 0.00685. The van der Waals surface area contributed by atoms with Crippen molar-refractivity contribution < 1.29 is 0 Å². The second-order valence-electron chi connectivity index (χ2n) is 9.66. The van der Waals surface area contributed by atoms with Crippen molar-refractivity contribution in [3.63, 3.8) is 0 Å². The highest BCUT2D eigenvalue weighted by Gasteiger charge is 2.43. The number of aryl methyl sites for hydroxylation is 1. The van der Waals surface area contributed by atoms with E-state index in [1.54, 1.807) is 0 Å². The lowest BCUT2D eigenvalue weighted by Gasteiger charge is -2.28. The molecule has 0 saturated carbocycles. The van der Waals surface area contributed by atoms with Crippen LogP contribution < -0.4 is 15.1 Å². The first kappa shape index (κ1) is 19.6. The van der Waals surface area contributed by atoms with Crippen molar-refractivity contribution in [2.45, 2.75) is 13.2 Å². The molecule has 0 radical (unpaired) electrons. The van der Waals surface area contributed by atoms with E-state index in [0.29, 0.717) is 0 Å². The number of nitrogens with one attached hydrogen (secondary N) is 1. The third-order valence-corrected chi connectivity index (χ3v) is 7.53. The van der Waals surface area contributed by atoms with Gasteiger partial charge in [0.2, 0.25) is 0 Å². The Morgan fingerprint density at radius 3 is 2.06 bits per heavy atom. The molecule has 1 aromatic heterocycles. The van der Waals surface area contributed by atoms with Crippen molar-refractivity contribution in [3.05, 3.63) is 121 Å². The largest absolute Gasteiger partial charge is 0.346 e. The van der Waals surface area contributed by atoms with E-state index in [0.717, 1.165) is 5.69 Å². The molecule has 0 fully saturated rings. The standard InChI is InChI=1S/C32H24N4/c1-21-9-8-10-22(19-21)35-30-18-17-23(20-31(30)36-29-16-7-4-13-26(29)33-32(35)36)34-27-14-5-2-11-24(27)25-12-3-6-15-28(25)34/h2-20,32-33H,1H3. The van der Waals surface area contributed by atoms with E-state index >= 15 is 0 Å². The molecule has 0 spiro atoms. The van der Waals surface area contributed by atoms with Crippen LogP contribution >= 0.6 is 0 Å². The number of hydrogen-bond donors (Lipinski definition) is 1. The molecule has 2 aliphatic heterocycles. The molecule has 0 aliphatic carbocycles. The monoisotopic (exact) mass is 464 g/mol. The molecular weight excluding hydrogens is 440 g/mol. The van der Waals surface area contributed by atoms with Gasteiger partial charge in [-0.05, 0) is 67.1 Å². The molecule has 1 N–H and O–H groups in total. The zero-order chi connectivity index (χ0) is 23.8. The predicted octanol–water partition coefficient (Wildman–Crippen LogP) is 8.09. The Morgan fingerprint density at radius 1 is 0.556 bits per heavy atom. The van der Waals surface area contributed by atoms with Crippen molar-refractivity contribution in [1.29, 1.82) is 0 Å². The van der Waals surface area contributed by atoms with E-state index in [4.69, 9.17) is 0 Å². The van der Waals surface area contributed by atoms with Gasteiger partial charge in [0.25, 0.3) is 0 Å². The summed E-state index contributed by atoms with van der Waals surface area (Å²) in [4.78, 5) is 4.85. The Balaban J connectivity index is 1.39. The zero-order valence-electron chi connectivity index (χ0n) is 19.9. The van der Waals surface area contributed by atoms with Crippen LogP contribution in [0.5, 0.6) is 0 Å². The minimum atomic E-state index is -0.00685. The van der Waals surface area contributed by atoms with E-state index in [1.165, 1.54) is 55.8 Å². The fraction of sp³-hybridized carbons (Fsp3) is 0.0625. The number of benzene rings is 5. The first-order valence-electron chi connectivity index (χ1n) is 12.4. The smallest absolute Gasteiger partial charge is 0.187 e. The second-order valence-corrected chi connectivity index (χ2v) is 9.66. The van der Waals surface area contributed by atoms with Gasteiger partial charge in [0.05, 0.1) is 33.8 Å². The summed E-state index contributed by atoms with van der Waals surface area (Å²) in [5.74, 6) is 0. The highest BCUT2D eigenvalue weighted by Crippen LogP contribution is 2.53. The summed E-state index contributed by atoms with van der Waals surface area (Å²) in [5, 5.41) is 6.33. The maximum Gasteiger partial charge on any atom is 0.187 e. The maximum absolute atomic E-state index is 3.77. The van der Waals surface area contributed by atoms with Gasteiger partial charge >= 0.3 is 0 Å². The first-order chi connectivity index (χ1) is 17.8. The number of rotatable bonds is 2. The highest BCUT2D eigenvalue weighted by atomic mass is 15.5. The van der Waals surface area contributed by atoms with Gasteiger partial charge in [0, 0.05) is 22.1 Å². The molecule has 4 heteroatoms. The molecule has 0 bridgehead atoms. The average Bonchev–Trinajstić information content (AvgIpc) is 3.55. The first-order valence-corrected chi connectivity index (χ1v) is 12.4. The van der Waals surface area contributed by atoms with E-state index in [1.807, 2.05) is 0 Å². The Labute approximate surface area is 209 Å². The summed E-state index contributed by atoms with van der Waals surface area (Å²) < 4.78 is 2.39. The number of fused-ring (bicyclic) bond motifs is 8. The summed E-state index contributed by atoms with van der Waals surface area (Å²) in [5.41, 5.74) is 10.8. The van der Waals surface area contributed by atoms with Gasteiger partial charge in [-0.2, -0.15) is 0 Å². The van der Waals surface area contributed by atoms with Crippen LogP contribution in [0.4, 0.5) is 28.4 Å². The molecular formula is C32H24N4. The summed E-state index contributed by atoms with van der Waals surface area (Å²) in [6, 6.07) is 41.6. The van der Waals surface area contributed by atoms with Crippen LogP contribution in [-0.4, -0.2) is 10.9 Å². The molecule has 6 aromatic rings. The SMILES string of the molecule is Cc1cccc(N2c3ccc(-n4c5ccccc5c5ccccc54)cc3N3c4ccccc4NC23)c1. The molecule has 2 aliphatic rings. The van der Waals surface area contributed by atoms with Crippen molar-refractivity contribution >= 4 is 50.2 Å². The fourth-order valence-electron chi connectivity index (χ4n) is 6.02. The Morgan fingerprint density at radius 2 is 1.28 bits per heavy atom. The molecule has 1 atom stereocenters. The maximum atomic E-state index is 3.77. The van der Waals surface area contributed by atoms with Crippen LogP contribution in [0.1, 0.15) is 5.56 Å². The minimum Gasteiger partial charge on any atom is -0.346 e. The molecule has 5 aromatic carbocycles. The van der Waals surface area contributed by atoms with E-state index in [-0.39, 0.29) is 6.29 Å². The van der Waals surface area contributed by atoms with E-state index in [9.17, 15) is 0 Å². The summed E-state index contributed by atoms with van der Waals surface area (Å²) in [6.45, 7) is 2.15. The second kappa shape index (κ2) is 7.15. The van der Waals surface area contributed by atoms with Gasteiger partial charge in [-0.25, -0.2) is 0 Å². The van der Waals surface area contributed by atoms with Crippen molar-refractivity contribution in [1.82, 2.24) is 4.57 Å². The van der Waals surface area contributed by atoms with Crippen LogP contribution in [0, 0.1) is 6.92 Å². The molecule has 36 heavy (non-hydrogen) atoms. The molecule has 3 heterocycles. The predicted molar refractivity (Wildman–Crippen MR) is 150 cm³/mol. The highest BCUT2D eigenvalue weighted by molar-refractivity contribution is 6.09. The van der Waals surface area contributed by atoms with Gasteiger partial charge in [0.15, 0.2) is 6.29 Å². The normalized spacial score (nSPS) is 15.8. The van der Waals surface area contributed by atoms with E-state index in [2.05, 4.69) is 142 Å². The number of nitrogens with zero attached hydrogens (tertiary/aromatic N) is 3. The molecule has 1 unspecified atom stereocenters. The molecule has 0 saturated heterocycles. The van der Waals surface area contributed by atoms with Crippen molar-refractivity contribution in [2.24, 2.45) is 0 Å². The van der Waals surface area contributed by atoms with Crippen molar-refractivity contribution in [2.75, 3.05) is 15.1 Å². The Kier molecular flexibility index (Phi) is 3.89.